The van der Waals surface area contributed by atoms with E-state index in [1.807, 2.05) is 6.92 Å². The van der Waals surface area contributed by atoms with Crippen molar-refractivity contribution < 1.29 is 5.11 Å². The average Bonchev–Trinajstić information content (AvgIpc) is 1.94. The normalized spacial score (nSPS) is 9.30. The Labute approximate surface area is 59.7 Å². The van der Waals surface area contributed by atoms with Crippen molar-refractivity contribution in [2.45, 2.75) is 6.92 Å². The molecule has 0 saturated carbocycles. The lowest BCUT2D eigenvalue weighted by Crippen LogP contribution is -1.96. The molecule has 53 valence electrons. The maximum Gasteiger partial charge on any atom is 0.190 e. The molecular formula is C7H9N2O. The monoisotopic (exact) mass is 137 g/mol. The fourth-order valence-electron chi connectivity index (χ4n) is 0.660. The van der Waals surface area contributed by atoms with E-state index in [9.17, 15) is 0 Å². The van der Waals surface area contributed by atoms with E-state index < -0.39 is 0 Å². The van der Waals surface area contributed by atoms with Crippen molar-refractivity contribution in [2.24, 2.45) is 0 Å². The van der Waals surface area contributed by atoms with Crippen LogP contribution in [-0.4, -0.2) is 16.6 Å². The van der Waals surface area contributed by atoms with Crippen LogP contribution in [0, 0.1) is 0 Å². The molecule has 1 aromatic heterocycles. The van der Waals surface area contributed by atoms with Gasteiger partial charge in [-0.05, 0) is 19.1 Å². The molecule has 0 aromatic carbocycles. The molecule has 1 heterocycles. The molecule has 0 aliphatic carbocycles. The van der Waals surface area contributed by atoms with E-state index in [4.69, 9.17) is 5.11 Å². The molecule has 1 N–H and O–H groups in total. The summed E-state index contributed by atoms with van der Waals surface area (Å²) in [5.41, 5.74) is 0. The molecule has 0 bridgehead atoms. The molecule has 0 aliphatic rings. The van der Waals surface area contributed by atoms with Crippen LogP contribution in [0.3, 0.4) is 0 Å². The number of pyridine rings is 1. The van der Waals surface area contributed by atoms with Crippen LogP contribution in [0.5, 0.6) is 5.75 Å². The second-order valence-corrected chi connectivity index (χ2v) is 1.82. The van der Waals surface area contributed by atoms with Crippen molar-refractivity contribution in [1.29, 1.82) is 0 Å². The summed E-state index contributed by atoms with van der Waals surface area (Å²) in [6, 6.07) is 3.24. The third kappa shape index (κ3) is 1.37. The van der Waals surface area contributed by atoms with Crippen molar-refractivity contribution in [1.82, 2.24) is 10.3 Å². The molecule has 1 aromatic rings. The number of rotatable bonds is 2. The Morgan fingerprint density at radius 1 is 1.70 bits per heavy atom. The maximum atomic E-state index is 9.09. The van der Waals surface area contributed by atoms with E-state index in [1.54, 1.807) is 18.3 Å². The summed E-state index contributed by atoms with van der Waals surface area (Å²) in [5.74, 6) is 0.564. The summed E-state index contributed by atoms with van der Waals surface area (Å²) < 4.78 is 0. The van der Waals surface area contributed by atoms with Gasteiger partial charge in [0.15, 0.2) is 11.6 Å². The first kappa shape index (κ1) is 6.86. The molecule has 0 amide bonds. The first-order valence-corrected chi connectivity index (χ1v) is 3.16. The summed E-state index contributed by atoms with van der Waals surface area (Å²) in [4.78, 5) is 3.85. The van der Waals surface area contributed by atoms with Crippen molar-refractivity contribution in [3.63, 3.8) is 0 Å². The number of hydrogen-bond acceptors (Lipinski definition) is 2. The first-order chi connectivity index (χ1) is 4.84. The molecule has 0 spiro atoms. The van der Waals surface area contributed by atoms with Gasteiger partial charge >= 0.3 is 0 Å². The Bertz CT molecular complexity index is 213. The summed E-state index contributed by atoms with van der Waals surface area (Å²) in [6.45, 7) is 2.54. The fraction of sp³-hybridized carbons (Fsp3) is 0.286. The van der Waals surface area contributed by atoms with Crippen LogP contribution in [0.2, 0.25) is 0 Å². The van der Waals surface area contributed by atoms with Gasteiger partial charge in [-0.15, -0.1) is 0 Å². The van der Waals surface area contributed by atoms with Crippen LogP contribution in [0.4, 0.5) is 5.82 Å². The van der Waals surface area contributed by atoms with Gasteiger partial charge in [-0.2, -0.15) is 0 Å². The molecule has 0 unspecified atom stereocenters. The lowest BCUT2D eigenvalue weighted by atomic mass is 10.4. The second kappa shape index (κ2) is 3.06. The zero-order valence-electron chi connectivity index (χ0n) is 5.78. The lowest BCUT2D eigenvalue weighted by molar-refractivity contribution is 0.470. The highest BCUT2D eigenvalue weighted by atomic mass is 16.3. The number of aromatic nitrogens is 1. The zero-order valence-corrected chi connectivity index (χ0v) is 5.78. The largest absolute Gasteiger partial charge is 0.504 e. The van der Waals surface area contributed by atoms with Crippen LogP contribution in [0.25, 0.3) is 0 Å². The highest BCUT2D eigenvalue weighted by Gasteiger charge is 1.97. The van der Waals surface area contributed by atoms with Gasteiger partial charge in [0.25, 0.3) is 0 Å². The Balaban J connectivity index is 2.81. The van der Waals surface area contributed by atoms with Crippen molar-refractivity contribution >= 4 is 5.82 Å². The minimum absolute atomic E-state index is 0.143. The third-order valence-corrected chi connectivity index (χ3v) is 1.07. The SMILES string of the molecule is CC[N]c1ncccc1O. The van der Waals surface area contributed by atoms with Crippen LogP contribution >= 0.6 is 0 Å². The first-order valence-electron chi connectivity index (χ1n) is 3.16. The van der Waals surface area contributed by atoms with Gasteiger partial charge in [-0.1, -0.05) is 0 Å². The van der Waals surface area contributed by atoms with Crippen LogP contribution < -0.4 is 5.32 Å². The number of nitrogens with zero attached hydrogens (tertiary/aromatic N) is 2. The molecule has 0 aliphatic heterocycles. The molecule has 0 fully saturated rings. The number of aromatic hydroxyl groups is 1. The van der Waals surface area contributed by atoms with E-state index in [1.165, 1.54) is 0 Å². The summed E-state index contributed by atoms with van der Waals surface area (Å²) >= 11 is 0. The smallest absolute Gasteiger partial charge is 0.190 e. The van der Waals surface area contributed by atoms with Gasteiger partial charge in [0.1, 0.15) is 0 Å². The Morgan fingerprint density at radius 3 is 3.10 bits per heavy atom. The zero-order chi connectivity index (χ0) is 7.40. The van der Waals surface area contributed by atoms with E-state index in [0.29, 0.717) is 12.4 Å². The van der Waals surface area contributed by atoms with E-state index in [-0.39, 0.29) is 5.75 Å². The molecule has 0 atom stereocenters. The molecule has 0 saturated heterocycles. The minimum Gasteiger partial charge on any atom is -0.504 e. The van der Waals surface area contributed by atoms with Gasteiger partial charge in [-0.25, -0.2) is 4.98 Å². The van der Waals surface area contributed by atoms with E-state index >= 15 is 0 Å². The summed E-state index contributed by atoms with van der Waals surface area (Å²) in [5, 5.41) is 13.0. The Kier molecular flexibility index (Phi) is 2.10. The molecule has 10 heavy (non-hydrogen) atoms. The fourth-order valence-corrected chi connectivity index (χ4v) is 0.660. The van der Waals surface area contributed by atoms with Crippen LogP contribution in [-0.2, 0) is 0 Å². The van der Waals surface area contributed by atoms with Gasteiger partial charge in [-0.3, -0.25) is 5.32 Å². The molecule has 3 nitrogen and oxygen atoms in total. The summed E-state index contributed by atoms with van der Waals surface area (Å²) in [6.07, 6.45) is 1.61. The maximum absolute atomic E-state index is 9.09. The van der Waals surface area contributed by atoms with Crippen molar-refractivity contribution in [3.05, 3.63) is 18.3 Å². The predicted octanol–water partition coefficient (Wildman–Crippen LogP) is 1.04. The molecule has 1 radical (unpaired) electrons. The minimum atomic E-state index is 0.143. The van der Waals surface area contributed by atoms with Crippen molar-refractivity contribution in [3.8, 4) is 5.75 Å². The van der Waals surface area contributed by atoms with Gasteiger partial charge < -0.3 is 5.11 Å². The van der Waals surface area contributed by atoms with Gasteiger partial charge in [0.05, 0.1) is 0 Å². The standard InChI is InChI=1S/C7H9N2O/c1-2-8-7-6(10)4-3-5-9-7/h3-5,10H,2H2,1H3. The quantitative estimate of drug-likeness (QED) is 0.662. The topological polar surface area (TPSA) is 47.2 Å². The molecule has 1 rings (SSSR count). The van der Waals surface area contributed by atoms with Gasteiger partial charge in [0, 0.05) is 12.7 Å². The van der Waals surface area contributed by atoms with Crippen LogP contribution in [0.1, 0.15) is 6.92 Å². The molecule has 3 heteroatoms. The molecular weight excluding hydrogens is 128 g/mol. The predicted molar refractivity (Wildman–Crippen MR) is 38.2 cm³/mol. The van der Waals surface area contributed by atoms with E-state index in [0.717, 1.165) is 0 Å². The second-order valence-electron chi connectivity index (χ2n) is 1.82. The Morgan fingerprint density at radius 2 is 2.50 bits per heavy atom. The highest BCUT2D eigenvalue weighted by Crippen LogP contribution is 2.17. The lowest BCUT2D eigenvalue weighted by Gasteiger charge is -1.98. The van der Waals surface area contributed by atoms with Crippen LogP contribution in [0.15, 0.2) is 18.3 Å². The highest BCUT2D eigenvalue weighted by molar-refractivity contribution is 5.41. The van der Waals surface area contributed by atoms with E-state index in [2.05, 4.69) is 10.3 Å². The summed E-state index contributed by atoms with van der Waals surface area (Å²) in [7, 11) is 0. The Hall–Kier alpha value is -1.25. The van der Waals surface area contributed by atoms with Crippen molar-refractivity contribution in [2.75, 3.05) is 6.54 Å². The average molecular weight is 137 g/mol. The number of hydrogen-bond donors (Lipinski definition) is 1. The van der Waals surface area contributed by atoms with Gasteiger partial charge in [0.2, 0.25) is 0 Å². The third-order valence-electron chi connectivity index (χ3n) is 1.07.